The third-order valence-corrected chi connectivity index (χ3v) is 4.58. The van der Waals surface area contributed by atoms with Crippen molar-refractivity contribution in [3.8, 4) is 5.75 Å². The molecule has 0 atom stereocenters. The Labute approximate surface area is 127 Å². The predicted octanol–water partition coefficient (Wildman–Crippen LogP) is 1.64. The van der Waals surface area contributed by atoms with Crippen molar-refractivity contribution in [1.29, 1.82) is 0 Å². The molecule has 9 heteroatoms. The Bertz CT molecular complexity index is 786. The highest BCUT2D eigenvalue weighted by Crippen LogP contribution is 2.32. The van der Waals surface area contributed by atoms with E-state index in [2.05, 4.69) is 15.4 Å². The molecule has 1 aromatic heterocycles. The Balaban J connectivity index is 2.35. The summed E-state index contributed by atoms with van der Waals surface area (Å²) in [4.78, 5) is 1.44. The van der Waals surface area contributed by atoms with Crippen LogP contribution in [0.1, 0.15) is 22.5 Å². The average Bonchev–Trinajstić information content (AvgIpc) is 2.78. The van der Waals surface area contributed by atoms with Crippen LogP contribution in [-0.4, -0.2) is 28.6 Å². The number of aromatic nitrogens is 4. The molecule has 2 rings (SSSR count). The first-order valence-electron chi connectivity index (χ1n) is 6.11. The van der Waals surface area contributed by atoms with Crippen molar-refractivity contribution in [2.75, 3.05) is 0 Å². The molecule has 0 aliphatic heterocycles. The second-order valence-corrected chi connectivity index (χ2v) is 7.23. The number of hydrogen-bond acceptors (Lipinski definition) is 6. The Morgan fingerprint density at radius 1 is 1.29 bits per heavy atom. The van der Waals surface area contributed by atoms with E-state index in [9.17, 15) is 8.42 Å². The molecule has 0 spiro atoms. The predicted molar refractivity (Wildman–Crippen MR) is 76.8 cm³/mol. The van der Waals surface area contributed by atoms with Gasteiger partial charge in [0.25, 0.3) is 9.05 Å². The summed E-state index contributed by atoms with van der Waals surface area (Å²) in [6, 6.07) is 1.50. The van der Waals surface area contributed by atoms with E-state index in [1.165, 1.54) is 10.9 Å². The fraction of sp³-hybridized carbons (Fsp3) is 0.417. The van der Waals surface area contributed by atoms with E-state index in [0.29, 0.717) is 22.7 Å². The first-order valence-corrected chi connectivity index (χ1v) is 8.42. The van der Waals surface area contributed by atoms with Crippen LogP contribution in [0.5, 0.6) is 5.75 Å². The summed E-state index contributed by atoms with van der Waals surface area (Å²) in [6.07, 6.45) is 0. The van der Waals surface area contributed by atoms with Crippen LogP contribution in [0.4, 0.5) is 0 Å². The van der Waals surface area contributed by atoms with Crippen molar-refractivity contribution in [1.82, 2.24) is 20.2 Å². The van der Waals surface area contributed by atoms with Crippen LogP contribution in [0.15, 0.2) is 11.0 Å². The molecule has 0 aliphatic carbocycles. The van der Waals surface area contributed by atoms with Crippen LogP contribution >= 0.6 is 10.7 Å². The van der Waals surface area contributed by atoms with Gasteiger partial charge in [0, 0.05) is 10.7 Å². The molecule has 21 heavy (non-hydrogen) atoms. The van der Waals surface area contributed by atoms with Gasteiger partial charge in [0.1, 0.15) is 5.75 Å². The zero-order valence-corrected chi connectivity index (χ0v) is 13.7. The zero-order valence-electron chi connectivity index (χ0n) is 12.1. The highest BCUT2D eigenvalue weighted by molar-refractivity contribution is 8.13. The van der Waals surface area contributed by atoms with Crippen molar-refractivity contribution in [2.45, 2.75) is 32.3 Å². The Morgan fingerprint density at radius 2 is 1.95 bits per heavy atom. The first kappa shape index (κ1) is 15.7. The summed E-state index contributed by atoms with van der Waals surface area (Å²) in [6.45, 7) is 5.39. The monoisotopic (exact) mass is 330 g/mol. The summed E-state index contributed by atoms with van der Waals surface area (Å²) >= 11 is 0. The second kappa shape index (κ2) is 5.61. The fourth-order valence-corrected chi connectivity index (χ4v) is 3.33. The zero-order chi connectivity index (χ0) is 15.8. The van der Waals surface area contributed by atoms with E-state index in [0.717, 1.165) is 5.56 Å². The van der Waals surface area contributed by atoms with Crippen molar-refractivity contribution in [2.24, 2.45) is 7.05 Å². The van der Waals surface area contributed by atoms with Gasteiger partial charge >= 0.3 is 0 Å². The van der Waals surface area contributed by atoms with Gasteiger partial charge in [-0.15, -0.1) is 10.2 Å². The number of ether oxygens (including phenoxy) is 1. The summed E-state index contributed by atoms with van der Waals surface area (Å²) < 4.78 is 28.8. The number of hydrogen-bond donors (Lipinski definition) is 0. The molecule has 1 aromatic carbocycles. The lowest BCUT2D eigenvalue weighted by Gasteiger charge is -2.15. The van der Waals surface area contributed by atoms with Crippen LogP contribution in [0, 0.1) is 20.8 Å². The van der Waals surface area contributed by atoms with Gasteiger partial charge in [-0.25, -0.2) is 8.42 Å². The van der Waals surface area contributed by atoms with Gasteiger partial charge in [-0.1, -0.05) is 0 Å². The molecule has 1 heterocycles. The van der Waals surface area contributed by atoms with Crippen LogP contribution < -0.4 is 4.74 Å². The molecule has 0 fully saturated rings. The first-order chi connectivity index (χ1) is 9.70. The van der Waals surface area contributed by atoms with Crippen molar-refractivity contribution < 1.29 is 13.2 Å². The van der Waals surface area contributed by atoms with Gasteiger partial charge in [0.05, 0.1) is 11.9 Å². The van der Waals surface area contributed by atoms with Gasteiger partial charge in [0.15, 0.2) is 6.61 Å². The molecular formula is C12H15ClN4O3S. The lowest BCUT2D eigenvalue weighted by atomic mass is 10.1. The molecule has 114 valence electrons. The molecular weight excluding hydrogens is 316 g/mol. The van der Waals surface area contributed by atoms with Crippen LogP contribution in [0.3, 0.4) is 0 Å². The topological polar surface area (TPSA) is 87.0 Å². The molecule has 0 saturated carbocycles. The second-order valence-electron chi connectivity index (χ2n) is 4.69. The van der Waals surface area contributed by atoms with E-state index >= 15 is 0 Å². The molecule has 2 aromatic rings. The number of tetrazole rings is 1. The summed E-state index contributed by atoms with van der Waals surface area (Å²) in [5.41, 5.74) is 1.97. The van der Waals surface area contributed by atoms with Crippen molar-refractivity contribution >= 4 is 19.7 Å². The maximum atomic E-state index is 11.5. The minimum absolute atomic E-state index is 0.101. The molecule has 0 amide bonds. The van der Waals surface area contributed by atoms with Crippen molar-refractivity contribution in [3.05, 3.63) is 28.6 Å². The summed E-state index contributed by atoms with van der Waals surface area (Å²) in [5.74, 6) is 1.05. The lowest BCUT2D eigenvalue weighted by Crippen LogP contribution is -2.05. The Morgan fingerprint density at radius 3 is 2.48 bits per heavy atom. The molecule has 0 N–H and O–H groups in total. The average molecular weight is 331 g/mol. The van der Waals surface area contributed by atoms with Crippen LogP contribution in [0.2, 0.25) is 0 Å². The molecule has 7 nitrogen and oxygen atoms in total. The SMILES string of the molecule is Cc1cc(S(=O)(=O)Cl)c(C)c(C)c1OCc1nnn(C)n1. The van der Waals surface area contributed by atoms with Crippen LogP contribution in [-0.2, 0) is 22.7 Å². The number of benzene rings is 1. The van der Waals surface area contributed by atoms with Gasteiger partial charge in [-0.2, -0.15) is 4.80 Å². The van der Waals surface area contributed by atoms with Gasteiger partial charge in [0.2, 0.25) is 5.82 Å². The van der Waals surface area contributed by atoms with E-state index in [4.69, 9.17) is 15.4 Å². The van der Waals surface area contributed by atoms with Gasteiger partial charge < -0.3 is 4.74 Å². The van der Waals surface area contributed by atoms with Gasteiger partial charge in [-0.05, 0) is 48.7 Å². The quantitative estimate of drug-likeness (QED) is 0.792. The number of rotatable bonds is 4. The van der Waals surface area contributed by atoms with Gasteiger partial charge in [-0.3, -0.25) is 0 Å². The molecule has 0 saturated heterocycles. The minimum atomic E-state index is -3.78. The van der Waals surface area contributed by atoms with Crippen LogP contribution in [0.25, 0.3) is 0 Å². The standard InChI is InChI=1S/C12H15ClN4O3S/c1-7-5-10(21(13,18)19)8(2)9(3)12(7)20-6-11-14-16-17(4)15-11/h5H,6H2,1-4H3. The molecule has 0 aliphatic rings. The van der Waals surface area contributed by atoms with E-state index in [-0.39, 0.29) is 11.5 Å². The highest BCUT2D eigenvalue weighted by atomic mass is 35.7. The van der Waals surface area contributed by atoms with E-state index in [1.807, 2.05) is 0 Å². The smallest absolute Gasteiger partial charge is 0.261 e. The number of halogens is 1. The normalized spacial score (nSPS) is 11.7. The minimum Gasteiger partial charge on any atom is -0.485 e. The lowest BCUT2D eigenvalue weighted by molar-refractivity contribution is 0.291. The summed E-state index contributed by atoms with van der Waals surface area (Å²) in [7, 11) is 3.32. The Hall–Kier alpha value is -1.67. The molecule has 0 radical (unpaired) electrons. The maximum Gasteiger partial charge on any atom is 0.261 e. The van der Waals surface area contributed by atoms with E-state index in [1.54, 1.807) is 27.8 Å². The van der Waals surface area contributed by atoms with Crippen molar-refractivity contribution in [3.63, 3.8) is 0 Å². The largest absolute Gasteiger partial charge is 0.485 e. The number of aryl methyl sites for hydroxylation is 2. The third kappa shape index (κ3) is 3.33. The highest BCUT2D eigenvalue weighted by Gasteiger charge is 2.19. The van der Waals surface area contributed by atoms with E-state index < -0.39 is 9.05 Å². The maximum absolute atomic E-state index is 11.5. The molecule has 0 unspecified atom stereocenters. The fourth-order valence-electron chi connectivity index (χ4n) is 2.01. The Kier molecular flexibility index (Phi) is 4.20. The number of nitrogens with zero attached hydrogens (tertiary/aromatic N) is 4. The third-order valence-electron chi connectivity index (χ3n) is 3.14. The molecule has 0 bridgehead atoms. The summed E-state index contributed by atoms with van der Waals surface area (Å²) in [5, 5.41) is 11.6.